The molecule has 0 saturated carbocycles. The molecule has 0 atom stereocenters. The van der Waals surface area contributed by atoms with Crippen LogP contribution in [0.2, 0.25) is 30.1 Å². The highest BCUT2D eigenvalue weighted by atomic mass is 35.5. The number of anilines is 6. The molecule has 6 aromatic carbocycles. The van der Waals surface area contributed by atoms with Gasteiger partial charge in [0.05, 0.1) is 102 Å². The second-order valence-corrected chi connectivity index (χ2v) is 30.0. The summed E-state index contributed by atoms with van der Waals surface area (Å²) in [6.07, 6.45) is 13.4. The van der Waals surface area contributed by atoms with Crippen molar-refractivity contribution in [3.8, 4) is 171 Å². The van der Waals surface area contributed by atoms with E-state index in [9.17, 15) is 30.6 Å². The number of hydrogen-bond acceptors (Lipinski definition) is 36. The molecule has 12 heterocycles. The maximum absolute atomic E-state index is 9.55. The van der Waals surface area contributed by atoms with Crippen molar-refractivity contribution < 1.29 is 57.5 Å². The lowest BCUT2D eigenvalue weighted by Gasteiger charge is -2.08. The number of oxazole rings is 3. The standard InChI is InChI=1S/2C15H13ClN4O2.4C14H11ClN4O2/c1-7-8(2)22-15(19-7)14-13(18-6-12(17)20-14)9-3-4-11(21)10(16)5-9;1-7-8(2)20-22-15(7)14-13(18-6-12(17)19-14)9-3-4-11(21)10(16)5-9;1-7-6-21-14(18-7)13-12(17-5-11(16)19-13)8-2-3-10(20)9(15)4-8;1-7-5-18-14(21-7)13-12(17-6-11(16)19-13)8-2-3-10(20)9(15)4-8;1-7-5-18-21-14(7)13-12(17-6-11(16)19-13)8-2-3-10(20)9(15)4-8;1-7-4-11(21-19-7)14-13(17-6-12(16)18-14)8-2-3-10(20)9(15)5-8/h3-6,21H,1-2H3,(H2,17,20);3-6,21H,1-2H3,(H2,17,19);3*2-6,20H,1H3,(H2,16,19);2-6,20H,1H3,(H2,16,18). The van der Waals surface area contributed by atoms with Gasteiger partial charge in [-0.25, -0.2) is 74.8 Å². The molecule has 0 aliphatic rings. The lowest BCUT2D eigenvalue weighted by molar-refractivity contribution is 0.425. The van der Waals surface area contributed by atoms with Crippen LogP contribution in [0.4, 0.5) is 34.9 Å². The Morgan fingerprint density at radius 2 is 0.633 bits per heavy atom. The summed E-state index contributed by atoms with van der Waals surface area (Å²) in [5, 5.41) is 70.0. The number of benzene rings is 6. The first-order valence-electron chi connectivity index (χ1n) is 37.4. The monoisotopic (exact) mass is 1840 g/mol. The predicted octanol–water partition coefficient (Wildman–Crippen LogP) is 18.9. The summed E-state index contributed by atoms with van der Waals surface area (Å²) < 4.78 is 32.3. The van der Waals surface area contributed by atoms with Crippen LogP contribution < -0.4 is 34.4 Å². The van der Waals surface area contributed by atoms with Gasteiger partial charge in [0.15, 0.2) is 34.4 Å². The van der Waals surface area contributed by atoms with Crippen molar-refractivity contribution in [2.24, 2.45) is 0 Å². The molecule has 42 heteroatoms. The van der Waals surface area contributed by atoms with Gasteiger partial charge in [0.1, 0.15) is 138 Å². The van der Waals surface area contributed by atoms with Gasteiger partial charge in [-0.1, -0.05) is 85.1 Å². The quantitative estimate of drug-likeness (QED) is 0.0540. The zero-order valence-electron chi connectivity index (χ0n) is 68.1. The van der Waals surface area contributed by atoms with Crippen LogP contribution in [0, 0.1) is 55.4 Å². The van der Waals surface area contributed by atoms with E-state index in [2.05, 4.69) is 90.2 Å². The van der Waals surface area contributed by atoms with Crippen LogP contribution in [0.5, 0.6) is 34.5 Å². The van der Waals surface area contributed by atoms with E-state index in [4.69, 9.17) is 131 Å². The summed E-state index contributed by atoms with van der Waals surface area (Å²) in [5.41, 5.74) is 49.0. The molecule has 18 rings (SSSR count). The molecular weight excluding hydrogens is 1770 g/mol. The van der Waals surface area contributed by atoms with Crippen molar-refractivity contribution in [3.05, 3.63) is 247 Å². The van der Waals surface area contributed by atoms with Gasteiger partial charge < -0.3 is 91.9 Å². The summed E-state index contributed by atoms with van der Waals surface area (Å²) in [6.45, 7) is 14.7. The van der Waals surface area contributed by atoms with Gasteiger partial charge in [-0.05, 0) is 165 Å². The Labute approximate surface area is 755 Å². The van der Waals surface area contributed by atoms with Gasteiger partial charge in [-0.2, -0.15) is 0 Å². The van der Waals surface area contributed by atoms with E-state index in [-0.39, 0.29) is 99.5 Å². The number of halogens is 6. The molecule has 0 spiro atoms. The van der Waals surface area contributed by atoms with Gasteiger partial charge in [-0.3, -0.25) is 0 Å². The molecule has 0 aliphatic heterocycles. The summed E-state index contributed by atoms with van der Waals surface area (Å²) in [6, 6.07) is 30.4. The Balaban J connectivity index is 0.000000131. The number of nitrogen functional groups attached to an aromatic ring is 6. The van der Waals surface area contributed by atoms with Crippen LogP contribution in [0.15, 0.2) is 198 Å². The zero-order valence-corrected chi connectivity index (χ0v) is 72.6. The highest BCUT2D eigenvalue weighted by Crippen LogP contribution is 2.42. The number of aromatic hydroxyl groups is 6. The number of nitrogens with two attached hydrogens (primary N) is 6. The highest BCUT2D eigenvalue weighted by molar-refractivity contribution is 6.34. The first kappa shape index (κ1) is 90.1. The minimum atomic E-state index is -0.00246. The van der Waals surface area contributed by atoms with Crippen LogP contribution in [0.3, 0.4) is 0 Å². The second-order valence-electron chi connectivity index (χ2n) is 27.6. The smallest absolute Gasteiger partial charge is 0.247 e. The number of nitrogens with zero attached hydrogens (tertiary/aromatic N) is 18. The first-order chi connectivity index (χ1) is 61.1. The molecule has 18 N–H and O–H groups in total. The number of aromatic nitrogens is 18. The Bertz CT molecular complexity index is 6800. The summed E-state index contributed by atoms with van der Waals surface area (Å²) in [7, 11) is 0. The normalized spacial score (nSPS) is 10.8. The molecule has 0 unspecified atom stereocenters. The topological polar surface area (TPSA) is 588 Å². The Hall–Kier alpha value is -15.6. The summed E-state index contributed by atoms with van der Waals surface area (Å²) >= 11 is 35.7. The molecule has 0 amide bonds. The number of phenolic OH excluding ortho intramolecular Hbond substituents is 6. The second kappa shape index (κ2) is 39.1. The van der Waals surface area contributed by atoms with Gasteiger partial charge in [0.25, 0.3) is 0 Å². The van der Waals surface area contributed by atoms with Crippen molar-refractivity contribution in [1.82, 2.24) is 90.2 Å². The fourth-order valence-electron chi connectivity index (χ4n) is 11.7. The summed E-state index contributed by atoms with van der Waals surface area (Å²) in [4.78, 5) is 64.1. The molecule has 0 saturated heterocycles. The third kappa shape index (κ3) is 21.1. The Morgan fingerprint density at radius 1 is 0.289 bits per heavy atom. The SMILES string of the molecule is Cc1cc(-c2nc(N)cnc2-c2ccc(O)c(Cl)c2)on1.Cc1cnc(-c2nc(N)cnc2-c2ccc(O)c(Cl)c2)o1.Cc1cnoc1-c1nc(N)cnc1-c1ccc(O)c(Cl)c1.Cc1coc(-c2nc(N)cnc2-c2ccc(O)c(Cl)c2)n1.Cc1nc(-c2nc(N)cnc2-c2ccc(O)c(Cl)c2)oc1C.Cc1noc(-c2nc(N)cnc2-c2ccc(O)c(Cl)c2)c1C. The van der Waals surface area contributed by atoms with Crippen molar-refractivity contribution in [3.63, 3.8) is 0 Å². The third-order valence-electron chi connectivity index (χ3n) is 18.1. The number of aryl methyl sites for hydroxylation is 7. The van der Waals surface area contributed by atoms with Gasteiger partial charge in [-0.15, -0.1) is 0 Å². The largest absolute Gasteiger partial charge is 0.506 e. The molecule has 0 fully saturated rings. The van der Waals surface area contributed by atoms with Gasteiger partial charge in [0, 0.05) is 50.6 Å². The van der Waals surface area contributed by atoms with Crippen molar-refractivity contribution in [2.45, 2.75) is 55.4 Å². The minimum Gasteiger partial charge on any atom is -0.506 e. The van der Waals surface area contributed by atoms with Crippen molar-refractivity contribution in [2.75, 3.05) is 34.4 Å². The molecular formula is C86H70Cl6N24O12. The van der Waals surface area contributed by atoms with E-state index in [0.717, 1.165) is 33.9 Å². The van der Waals surface area contributed by atoms with Gasteiger partial charge in [0.2, 0.25) is 17.7 Å². The van der Waals surface area contributed by atoms with Crippen LogP contribution >= 0.6 is 69.6 Å². The fourth-order valence-corrected chi connectivity index (χ4v) is 12.8. The number of hydrogen-bond donors (Lipinski definition) is 12. The fraction of sp³-hybridized carbons (Fsp3) is 0.0930. The lowest BCUT2D eigenvalue weighted by atomic mass is 10.1. The van der Waals surface area contributed by atoms with E-state index >= 15 is 0 Å². The molecule has 648 valence electrons. The van der Waals surface area contributed by atoms with E-state index in [1.54, 1.807) is 98.2 Å². The number of phenols is 6. The van der Waals surface area contributed by atoms with E-state index in [0.29, 0.717) is 148 Å². The van der Waals surface area contributed by atoms with Crippen molar-refractivity contribution >= 4 is 105 Å². The molecule has 0 bridgehead atoms. The summed E-state index contributed by atoms with van der Waals surface area (Å²) in [5.74, 6) is 5.42. The third-order valence-corrected chi connectivity index (χ3v) is 20.0. The van der Waals surface area contributed by atoms with Crippen LogP contribution in [0.25, 0.3) is 137 Å². The molecule has 0 radical (unpaired) electrons. The minimum absolute atomic E-state index is 0.000815. The van der Waals surface area contributed by atoms with E-state index in [1.807, 2.05) is 48.5 Å². The average Bonchev–Trinajstić information content (AvgIpc) is 1.56. The zero-order chi connectivity index (χ0) is 91.6. The molecule has 18 aromatic rings. The first-order valence-corrected chi connectivity index (χ1v) is 39.7. The average molecular weight is 1840 g/mol. The maximum Gasteiger partial charge on any atom is 0.247 e. The molecule has 36 nitrogen and oxygen atoms in total. The highest BCUT2D eigenvalue weighted by Gasteiger charge is 2.26. The van der Waals surface area contributed by atoms with Crippen LogP contribution in [-0.2, 0) is 0 Å². The molecule has 128 heavy (non-hydrogen) atoms. The van der Waals surface area contributed by atoms with Crippen molar-refractivity contribution in [1.29, 1.82) is 0 Å². The Kier molecular flexibility index (Phi) is 27.5. The number of rotatable bonds is 12. The molecule has 0 aliphatic carbocycles. The Morgan fingerprint density at radius 3 is 0.930 bits per heavy atom. The van der Waals surface area contributed by atoms with Crippen LogP contribution in [-0.4, -0.2) is 121 Å². The molecule has 12 aromatic heterocycles. The van der Waals surface area contributed by atoms with Gasteiger partial charge >= 0.3 is 0 Å². The van der Waals surface area contributed by atoms with E-state index < -0.39 is 0 Å². The van der Waals surface area contributed by atoms with E-state index in [1.165, 1.54) is 79.8 Å². The predicted molar refractivity (Wildman–Crippen MR) is 482 cm³/mol. The van der Waals surface area contributed by atoms with Crippen LogP contribution in [0.1, 0.15) is 45.4 Å². The lowest BCUT2D eigenvalue weighted by Crippen LogP contribution is -1.98. The maximum atomic E-state index is 9.55.